The molecule has 1 aliphatic carbocycles. The first-order valence-corrected chi connectivity index (χ1v) is 13.9. The lowest BCUT2D eigenvalue weighted by Gasteiger charge is -2.24. The van der Waals surface area contributed by atoms with E-state index in [1.165, 1.54) is 19.1 Å². The van der Waals surface area contributed by atoms with E-state index in [9.17, 15) is 41.4 Å². The summed E-state index contributed by atoms with van der Waals surface area (Å²) in [6, 6.07) is 7.06. The maximum absolute atomic E-state index is 14.9. The number of carbonyl (C=O) groups excluding carboxylic acids is 2. The highest BCUT2D eigenvalue weighted by molar-refractivity contribution is 6.06. The third-order valence-corrected chi connectivity index (χ3v) is 6.77. The summed E-state index contributed by atoms with van der Waals surface area (Å²) < 4.78 is 82.0. The van der Waals surface area contributed by atoms with Gasteiger partial charge in [-0.25, -0.2) is 13.6 Å². The highest BCUT2D eigenvalue weighted by Gasteiger charge is 2.40. The zero-order valence-electron chi connectivity index (χ0n) is 24.8. The molecular weight excluding hydrogens is 603 g/mol. The van der Waals surface area contributed by atoms with E-state index in [4.69, 9.17) is 9.47 Å². The van der Waals surface area contributed by atoms with Gasteiger partial charge in [0.2, 0.25) is 0 Å². The molecule has 0 heterocycles. The molecule has 3 aromatic rings. The lowest BCUT2D eigenvalue weighted by atomic mass is 9.98. The number of rotatable bonds is 9. The molecule has 4 rings (SSSR count). The third kappa shape index (κ3) is 8.70. The Hall–Kier alpha value is -4.68. The van der Waals surface area contributed by atoms with Crippen LogP contribution in [0.25, 0.3) is 0 Å². The summed E-state index contributed by atoms with van der Waals surface area (Å²) in [4.78, 5) is 37.4. The van der Waals surface area contributed by atoms with Crippen molar-refractivity contribution in [1.29, 1.82) is 0 Å². The molecule has 0 radical (unpaired) electrons. The number of amides is 2. The second-order valence-corrected chi connectivity index (χ2v) is 11.7. The standard InChI is InChI=1S/C32H31F5N2O6/c1-16-11-18(33)7-10-26(16)44-27-14-20(17-5-6-17)23(32(35,36)37)13-22(27)29(42)38-19-8-9-24(34)21(12-19)25(15-28(40)41)39-30(43)45-31(2,3)4/h7-14,17,25H,5-6,15H2,1-4H3,(H,38,42)(H,39,43)(H,40,41). The molecule has 0 bridgehead atoms. The number of hydrogen-bond acceptors (Lipinski definition) is 5. The number of benzene rings is 3. The fourth-order valence-corrected chi connectivity index (χ4v) is 4.63. The second-order valence-electron chi connectivity index (χ2n) is 11.7. The molecule has 0 aromatic heterocycles. The SMILES string of the molecule is Cc1cc(F)ccc1Oc1cc(C2CC2)c(C(F)(F)F)cc1C(=O)Nc1ccc(F)c(C(CC(=O)O)NC(=O)OC(C)(C)C)c1. The second kappa shape index (κ2) is 12.7. The minimum absolute atomic E-state index is 0.0392. The Balaban J connectivity index is 1.72. The molecule has 8 nitrogen and oxygen atoms in total. The summed E-state index contributed by atoms with van der Waals surface area (Å²) in [6.45, 7) is 6.26. The average Bonchev–Trinajstić information content (AvgIpc) is 3.74. The lowest BCUT2D eigenvalue weighted by molar-refractivity contribution is -0.138. The van der Waals surface area contributed by atoms with Gasteiger partial charge in [0, 0.05) is 11.3 Å². The summed E-state index contributed by atoms with van der Waals surface area (Å²) in [5.74, 6) is -4.38. The quantitative estimate of drug-likeness (QED) is 0.204. The molecule has 2 amide bonds. The van der Waals surface area contributed by atoms with Crippen molar-refractivity contribution in [3.05, 3.63) is 88.0 Å². The van der Waals surface area contributed by atoms with Crippen LogP contribution in [-0.4, -0.2) is 28.7 Å². The van der Waals surface area contributed by atoms with Crippen LogP contribution in [0.5, 0.6) is 11.5 Å². The first-order valence-electron chi connectivity index (χ1n) is 13.9. The molecule has 45 heavy (non-hydrogen) atoms. The fraction of sp³-hybridized carbons (Fsp3) is 0.344. The van der Waals surface area contributed by atoms with Crippen LogP contribution in [0.3, 0.4) is 0 Å². The van der Waals surface area contributed by atoms with Crippen LogP contribution in [0.15, 0.2) is 48.5 Å². The van der Waals surface area contributed by atoms with E-state index in [2.05, 4.69) is 10.6 Å². The average molecular weight is 635 g/mol. The van der Waals surface area contributed by atoms with Gasteiger partial charge in [-0.2, -0.15) is 13.2 Å². The molecule has 1 atom stereocenters. The Morgan fingerprint density at radius 2 is 1.67 bits per heavy atom. The maximum atomic E-state index is 14.9. The van der Waals surface area contributed by atoms with Crippen molar-refractivity contribution in [1.82, 2.24) is 5.32 Å². The number of carboxylic acids is 1. The van der Waals surface area contributed by atoms with Gasteiger partial charge in [-0.3, -0.25) is 9.59 Å². The number of halogens is 5. The largest absolute Gasteiger partial charge is 0.481 e. The normalized spacial score (nSPS) is 14.0. The Kier molecular flexibility index (Phi) is 9.40. The van der Waals surface area contributed by atoms with Gasteiger partial charge < -0.3 is 25.2 Å². The zero-order chi connectivity index (χ0) is 33.3. The van der Waals surface area contributed by atoms with Gasteiger partial charge in [-0.15, -0.1) is 0 Å². The predicted molar refractivity (Wildman–Crippen MR) is 153 cm³/mol. The topological polar surface area (TPSA) is 114 Å². The molecule has 0 aliphatic heterocycles. The van der Waals surface area contributed by atoms with Gasteiger partial charge in [0.25, 0.3) is 5.91 Å². The number of alkyl halides is 3. The molecule has 240 valence electrons. The number of alkyl carbamates (subject to hydrolysis) is 1. The number of carbonyl (C=O) groups is 3. The van der Waals surface area contributed by atoms with Crippen LogP contribution in [0.4, 0.5) is 32.4 Å². The van der Waals surface area contributed by atoms with E-state index < -0.39 is 65.0 Å². The molecule has 1 aliphatic rings. The van der Waals surface area contributed by atoms with Crippen molar-refractivity contribution >= 4 is 23.7 Å². The van der Waals surface area contributed by atoms with Gasteiger partial charge in [-0.05, 0) is 106 Å². The summed E-state index contributed by atoms with van der Waals surface area (Å²) in [6.07, 6.45) is -5.51. The van der Waals surface area contributed by atoms with E-state index in [0.717, 1.165) is 30.3 Å². The number of nitrogens with one attached hydrogen (secondary N) is 2. The molecule has 13 heteroatoms. The Bertz CT molecular complexity index is 1630. The Morgan fingerprint density at radius 3 is 2.24 bits per heavy atom. The molecule has 3 N–H and O–H groups in total. The summed E-state index contributed by atoms with van der Waals surface area (Å²) in [7, 11) is 0. The maximum Gasteiger partial charge on any atom is 0.416 e. The number of ether oxygens (including phenoxy) is 2. The van der Waals surface area contributed by atoms with E-state index >= 15 is 0 Å². The van der Waals surface area contributed by atoms with Gasteiger partial charge in [-0.1, -0.05) is 0 Å². The van der Waals surface area contributed by atoms with Crippen LogP contribution in [0.2, 0.25) is 0 Å². The summed E-state index contributed by atoms with van der Waals surface area (Å²) in [5, 5.41) is 14.1. The molecule has 1 saturated carbocycles. The monoisotopic (exact) mass is 634 g/mol. The van der Waals surface area contributed by atoms with Crippen molar-refractivity contribution < 1.29 is 50.9 Å². The minimum Gasteiger partial charge on any atom is -0.481 e. The third-order valence-electron chi connectivity index (χ3n) is 6.77. The number of aryl methyl sites for hydroxylation is 1. The number of aliphatic carboxylic acids is 1. The van der Waals surface area contributed by atoms with Gasteiger partial charge >= 0.3 is 18.2 Å². The Morgan fingerprint density at radius 1 is 0.978 bits per heavy atom. The summed E-state index contributed by atoms with van der Waals surface area (Å²) in [5.41, 5.74) is -2.59. The van der Waals surface area contributed by atoms with E-state index in [1.54, 1.807) is 20.8 Å². The van der Waals surface area contributed by atoms with Gasteiger partial charge in [0.1, 0.15) is 28.7 Å². The first-order chi connectivity index (χ1) is 20.9. The molecule has 1 unspecified atom stereocenters. The highest BCUT2D eigenvalue weighted by atomic mass is 19.4. The van der Waals surface area contributed by atoms with E-state index in [0.29, 0.717) is 24.5 Å². The molecule has 0 saturated heterocycles. The van der Waals surface area contributed by atoms with Crippen molar-refractivity contribution in [2.24, 2.45) is 0 Å². The van der Waals surface area contributed by atoms with Crippen LogP contribution < -0.4 is 15.4 Å². The minimum atomic E-state index is -4.79. The number of anilines is 1. The molecule has 0 spiro atoms. The van der Waals surface area contributed by atoms with Crippen molar-refractivity contribution in [2.75, 3.05) is 5.32 Å². The molecular formula is C32H31F5N2O6. The number of hydrogen-bond donors (Lipinski definition) is 3. The smallest absolute Gasteiger partial charge is 0.416 e. The van der Waals surface area contributed by atoms with Gasteiger partial charge in [0.05, 0.1) is 23.6 Å². The Labute approximate surface area is 255 Å². The zero-order valence-corrected chi connectivity index (χ0v) is 24.8. The van der Waals surface area contributed by atoms with Crippen LogP contribution in [-0.2, 0) is 15.7 Å². The highest BCUT2D eigenvalue weighted by Crippen LogP contribution is 2.48. The van der Waals surface area contributed by atoms with Crippen molar-refractivity contribution in [3.8, 4) is 11.5 Å². The van der Waals surface area contributed by atoms with Crippen molar-refractivity contribution in [2.45, 2.75) is 70.7 Å². The van der Waals surface area contributed by atoms with Crippen LogP contribution in [0.1, 0.15) is 84.6 Å². The first kappa shape index (κ1) is 33.2. The molecule has 3 aromatic carbocycles. The molecule has 1 fully saturated rings. The predicted octanol–water partition coefficient (Wildman–Crippen LogP) is 8.25. The fourth-order valence-electron chi connectivity index (χ4n) is 4.63. The lowest BCUT2D eigenvalue weighted by Crippen LogP contribution is -2.36. The summed E-state index contributed by atoms with van der Waals surface area (Å²) >= 11 is 0. The number of carboxylic acid groups (broad SMARTS) is 1. The van der Waals surface area contributed by atoms with Crippen LogP contribution >= 0.6 is 0 Å². The van der Waals surface area contributed by atoms with Crippen molar-refractivity contribution in [3.63, 3.8) is 0 Å². The van der Waals surface area contributed by atoms with E-state index in [1.807, 2.05) is 0 Å². The van der Waals surface area contributed by atoms with Gasteiger partial charge in [0.15, 0.2) is 0 Å². The van der Waals surface area contributed by atoms with E-state index in [-0.39, 0.29) is 34.2 Å². The van der Waals surface area contributed by atoms with Crippen LogP contribution in [0, 0.1) is 18.6 Å².